The van der Waals surface area contributed by atoms with E-state index < -0.39 is 0 Å². The Hall–Kier alpha value is -1.14. The van der Waals surface area contributed by atoms with Crippen LogP contribution in [0.1, 0.15) is 12.8 Å². The van der Waals surface area contributed by atoms with E-state index in [1.54, 1.807) is 0 Å². The van der Waals surface area contributed by atoms with Gasteiger partial charge < -0.3 is 14.5 Å². The zero-order valence-electron chi connectivity index (χ0n) is 11.6. The fourth-order valence-electron chi connectivity index (χ4n) is 2.38. The molecule has 0 aliphatic carbocycles. The summed E-state index contributed by atoms with van der Waals surface area (Å²) in [4.78, 5) is 29.3. The van der Waals surface area contributed by atoms with Crippen molar-refractivity contribution in [3.63, 3.8) is 0 Å². The maximum atomic E-state index is 11.8. The van der Waals surface area contributed by atoms with Crippen LogP contribution in [0.15, 0.2) is 0 Å². The van der Waals surface area contributed by atoms with E-state index >= 15 is 0 Å². The van der Waals surface area contributed by atoms with Crippen molar-refractivity contribution in [2.24, 2.45) is 0 Å². The Balaban J connectivity index is 1.61. The van der Waals surface area contributed by atoms with Crippen LogP contribution in [0.2, 0.25) is 0 Å². The first-order valence-electron chi connectivity index (χ1n) is 6.98. The zero-order valence-corrected chi connectivity index (χ0v) is 11.6. The highest BCUT2D eigenvalue weighted by Crippen LogP contribution is 2.08. The number of ether oxygens (including phenoxy) is 1. The molecule has 6 heteroatoms. The molecule has 0 saturated carbocycles. The van der Waals surface area contributed by atoms with Gasteiger partial charge in [0.25, 0.3) is 0 Å². The highest BCUT2D eigenvalue weighted by atomic mass is 16.5. The average Bonchev–Trinajstić information content (AvgIpc) is 2.35. The Morgan fingerprint density at radius 3 is 2.16 bits per heavy atom. The SMILES string of the molecule is COC(=O)CCN1CCN(CC(=O)N2CCC2)CC1. The van der Waals surface area contributed by atoms with E-state index in [2.05, 4.69) is 14.5 Å². The van der Waals surface area contributed by atoms with Crippen molar-refractivity contribution in [1.29, 1.82) is 0 Å². The molecule has 0 unspecified atom stereocenters. The first kappa shape index (κ1) is 14.3. The Labute approximate surface area is 114 Å². The number of hydrogen-bond acceptors (Lipinski definition) is 5. The Morgan fingerprint density at radius 2 is 1.63 bits per heavy atom. The maximum Gasteiger partial charge on any atom is 0.306 e. The second-order valence-electron chi connectivity index (χ2n) is 5.18. The molecular formula is C13H23N3O3. The van der Waals surface area contributed by atoms with Gasteiger partial charge in [-0.05, 0) is 6.42 Å². The molecule has 2 aliphatic rings. The number of esters is 1. The van der Waals surface area contributed by atoms with Crippen molar-refractivity contribution in [1.82, 2.24) is 14.7 Å². The number of nitrogens with zero attached hydrogens (tertiary/aromatic N) is 3. The van der Waals surface area contributed by atoms with E-state index in [4.69, 9.17) is 0 Å². The van der Waals surface area contributed by atoms with Crippen molar-refractivity contribution in [3.8, 4) is 0 Å². The van der Waals surface area contributed by atoms with Crippen molar-refractivity contribution >= 4 is 11.9 Å². The van der Waals surface area contributed by atoms with Gasteiger partial charge in [-0.1, -0.05) is 0 Å². The number of piperazine rings is 1. The van der Waals surface area contributed by atoms with Crippen LogP contribution < -0.4 is 0 Å². The van der Waals surface area contributed by atoms with Gasteiger partial charge >= 0.3 is 5.97 Å². The molecule has 0 aromatic heterocycles. The summed E-state index contributed by atoms with van der Waals surface area (Å²) in [5, 5.41) is 0. The van der Waals surface area contributed by atoms with Gasteiger partial charge in [-0.15, -0.1) is 0 Å². The highest BCUT2D eigenvalue weighted by Gasteiger charge is 2.24. The smallest absolute Gasteiger partial charge is 0.306 e. The number of hydrogen-bond donors (Lipinski definition) is 0. The molecule has 0 aromatic carbocycles. The molecule has 1 amide bonds. The van der Waals surface area contributed by atoms with Crippen LogP contribution in [-0.4, -0.2) is 86.0 Å². The fraction of sp³-hybridized carbons (Fsp3) is 0.846. The molecule has 0 atom stereocenters. The summed E-state index contributed by atoms with van der Waals surface area (Å²) in [6.07, 6.45) is 1.59. The summed E-state index contributed by atoms with van der Waals surface area (Å²) in [6.45, 7) is 6.80. The molecule has 2 aliphatic heterocycles. The third-order valence-electron chi connectivity index (χ3n) is 3.89. The van der Waals surface area contributed by atoms with Crippen molar-refractivity contribution in [3.05, 3.63) is 0 Å². The summed E-state index contributed by atoms with van der Waals surface area (Å²) in [5.41, 5.74) is 0. The minimum atomic E-state index is -0.157. The second-order valence-corrected chi connectivity index (χ2v) is 5.18. The average molecular weight is 269 g/mol. The quantitative estimate of drug-likeness (QED) is 0.624. The van der Waals surface area contributed by atoms with Crippen LogP contribution in [0.25, 0.3) is 0 Å². The van der Waals surface area contributed by atoms with Gasteiger partial charge in [-0.2, -0.15) is 0 Å². The maximum absolute atomic E-state index is 11.8. The molecule has 0 N–H and O–H groups in total. The number of rotatable bonds is 5. The van der Waals surface area contributed by atoms with Crippen LogP contribution in [0, 0.1) is 0 Å². The van der Waals surface area contributed by atoms with Crippen molar-refractivity contribution in [2.45, 2.75) is 12.8 Å². The predicted octanol–water partition coefficient (Wildman–Crippen LogP) is -0.601. The topological polar surface area (TPSA) is 53.1 Å². The van der Waals surface area contributed by atoms with Crippen LogP contribution in [-0.2, 0) is 14.3 Å². The first-order chi connectivity index (χ1) is 9.19. The van der Waals surface area contributed by atoms with E-state index in [1.807, 2.05) is 4.90 Å². The molecule has 6 nitrogen and oxygen atoms in total. The molecule has 0 bridgehead atoms. The molecule has 2 rings (SSSR count). The lowest BCUT2D eigenvalue weighted by atomic mass is 10.2. The molecule has 0 radical (unpaired) electrons. The van der Waals surface area contributed by atoms with Gasteiger partial charge in [0.15, 0.2) is 0 Å². The van der Waals surface area contributed by atoms with Crippen LogP contribution in [0.3, 0.4) is 0 Å². The summed E-state index contributed by atoms with van der Waals surface area (Å²) in [6, 6.07) is 0. The number of likely N-dealkylation sites (tertiary alicyclic amines) is 1. The van der Waals surface area contributed by atoms with Gasteiger partial charge in [-0.3, -0.25) is 14.5 Å². The standard InChI is InChI=1S/C13H23N3O3/c1-19-13(18)3-6-14-7-9-15(10-8-14)11-12(17)16-4-2-5-16/h2-11H2,1H3. The molecule has 108 valence electrons. The third kappa shape index (κ3) is 4.18. The lowest BCUT2D eigenvalue weighted by Crippen LogP contribution is -2.52. The van der Waals surface area contributed by atoms with E-state index in [0.717, 1.165) is 52.2 Å². The zero-order chi connectivity index (χ0) is 13.7. The summed E-state index contributed by atoms with van der Waals surface area (Å²) in [7, 11) is 1.42. The minimum absolute atomic E-state index is 0.157. The molecule has 0 spiro atoms. The van der Waals surface area contributed by atoms with Crippen LogP contribution >= 0.6 is 0 Å². The highest BCUT2D eigenvalue weighted by molar-refractivity contribution is 5.78. The molecule has 2 saturated heterocycles. The first-order valence-corrected chi connectivity index (χ1v) is 6.98. The number of amides is 1. The second kappa shape index (κ2) is 6.86. The molecule has 0 aromatic rings. The van der Waals surface area contributed by atoms with Crippen molar-refractivity contribution < 1.29 is 14.3 Å². The number of carbonyl (C=O) groups is 2. The van der Waals surface area contributed by atoms with Crippen molar-refractivity contribution in [2.75, 3.05) is 59.5 Å². The molecular weight excluding hydrogens is 246 g/mol. The Morgan fingerprint density at radius 1 is 1.00 bits per heavy atom. The fourth-order valence-corrected chi connectivity index (χ4v) is 2.38. The van der Waals surface area contributed by atoms with E-state index in [9.17, 15) is 9.59 Å². The summed E-state index contributed by atoms with van der Waals surface area (Å²) in [5.74, 6) is 0.102. The van der Waals surface area contributed by atoms with Gasteiger partial charge in [0.1, 0.15) is 0 Å². The molecule has 2 heterocycles. The van der Waals surface area contributed by atoms with Crippen LogP contribution in [0.4, 0.5) is 0 Å². The number of methoxy groups -OCH3 is 1. The monoisotopic (exact) mass is 269 g/mol. The van der Waals surface area contributed by atoms with Gasteiger partial charge in [0.05, 0.1) is 20.1 Å². The number of carbonyl (C=O) groups excluding carboxylic acids is 2. The minimum Gasteiger partial charge on any atom is -0.469 e. The van der Waals surface area contributed by atoms with E-state index in [0.29, 0.717) is 13.0 Å². The Kier molecular flexibility index (Phi) is 5.15. The van der Waals surface area contributed by atoms with E-state index in [1.165, 1.54) is 7.11 Å². The summed E-state index contributed by atoms with van der Waals surface area (Å²) >= 11 is 0. The molecule has 19 heavy (non-hydrogen) atoms. The predicted molar refractivity (Wildman–Crippen MR) is 70.7 cm³/mol. The van der Waals surface area contributed by atoms with Crippen LogP contribution in [0.5, 0.6) is 0 Å². The largest absolute Gasteiger partial charge is 0.469 e. The van der Waals surface area contributed by atoms with Gasteiger partial charge in [-0.25, -0.2) is 0 Å². The van der Waals surface area contributed by atoms with Gasteiger partial charge in [0.2, 0.25) is 5.91 Å². The molecule has 2 fully saturated rings. The Bertz CT molecular complexity index is 323. The normalized spacial score (nSPS) is 21.0. The third-order valence-corrected chi connectivity index (χ3v) is 3.89. The summed E-state index contributed by atoms with van der Waals surface area (Å²) < 4.78 is 4.63. The lowest BCUT2D eigenvalue weighted by Gasteiger charge is -2.37. The van der Waals surface area contributed by atoms with E-state index in [-0.39, 0.29) is 11.9 Å². The lowest BCUT2D eigenvalue weighted by molar-refractivity contribution is -0.141. The van der Waals surface area contributed by atoms with Gasteiger partial charge in [0, 0.05) is 45.8 Å².